The summed E-state index contributed by atoms with van der Waals surface area (Å²) in [6.45, 7) is 4.29. The first-order valence-electron chi connectivity index (χ1n) is 22.6. The van der Waals surface area contributed by atoms with Crippen LogP contribution in [-0.4, -0.2) is 34.9 Å². The van der Waals surface area contributed by atoms with E-state index in [0.29, 0.717) is 6.42 Å². The van der Waals surface area contributed by atoms with Crippen molar-refractivity contribution in [1.29, 1.82) is 0 Å². The molecular formula is C46H89NO3. The summed E-state index contributed by atoms with van der Waals surface area (Å²) in [5.41, 5.74) is 0. The van der Waals surface area contributed by atoms with Gasteiger partial charge in [0.15, 0.2) is 0 Å². The molecule has 2 atom stereocenters. The third-order valence-electron chi connectivity index (χ3n) is 10.4. The Labute approximate surface area is 313 Å². The van der Waals surface area contributed by atoms with E-state index in [4.69, 9.17) is 0 Å². The lowest BCUT2D eigenvalue weighted by Crippen LogP contribution is -2.45. The normalized spacial score (nSPS) is 13.1. The molecule has 0 saturated heterocycles. The van der Waals surface area contributed by atoms with Crippen LogP contribution in [0.5, 0.6) is 0 Å². The molecule has 0 aromatic heterocycles. The van der Waals surface area contributed by atoms with Crippen molar-refractivity contribution in [3.05, 3.63) is 24.3 Å². The van der Waals surface area contributed by atoms with Gasteiger partial charge in [0, 0.05) is 6.42 Å². The van der Waals surface area contributed by atoms with E-state index >= 15 is 0 Å². The summed E-state index contributed by atoms with van der Waals surface area (Å²) in [6.07, 6.45) is 54.5. The predicted molar refractivity (Wildman–Crippen MR) is 221 cm³/mol. The average Bonchev–Trinajstić information content (AvgIpc) is 3.12. The van der Waals surface area contributed by atoms with Crippen LogP contribution in [0.4, 0.5) is 0 Å². The van der Waals surface area contributed by atoms with E-state index in [-0.39, 0.29) is 12.5 Å². The highest BCUT2D eigenvalue weighted by Gasteiger charge is 2.17. The van der Waals surface area contributed by atoms with Gasteiger partial charge in [0.05, 0.1) is 18.8 Å². The third-order valence-corrected chi connectivity index (χ3v) is 10.4. The fraction of sp³-hybridized carbons (Fsp3) is 0.891. The third kappa shape index (κ3) is 38.1. The maximum absolute atomic E-state index is 12.3. The molecule has 0 radical (unpaired) electrons. The number of unbranched alkanes of at least 4 members (excludes halogenated alkanes) is 32. The maximum Gasteiger partial charge on any atom is 0.220 e. The number of hydrogen-bond donors (Lipinski definition) is 3. The minimum atomic E-state index is -0.834. The van der Waals surface area contributed by atoms with Crippen molar-refractivity contribution in [2.24, 2.45) is 0 Å². The molecule has 296 valence electrons. The van der Waals surface area contributed by atoms with Crippen molar-refractivity contribution in [2.75, 3.05) is 6.61 Å². The number of aliphatic hydroxyl groups is 2. The first kappa shape index (κ1) is 48.9. The van der Waals surface area contributed by atoms with Gasteiger partial charge in [-0.1, -0.05) is 218 Å². The van der Waals surface area contributed by atoms with Crippen LogP contribution in [0.15, 0.2) is 24.3 Å². The highest BCUT2D eigenvalue weighted by Crippen LogP contribution is 2.15. The van der Waals surface area contributed by atoms with Crippen LogP contribution in [0.3, 0.4) is 0 Å². The topological polar surface area (TPSA) is 69.6 Å². The van der Waals surface area contributed by atoms with E-state index < -0.39 is 12.1 Å². The van der Waals surface area contributed by atoms with Crippen molar-refractivity contribution in [2.45, 2.75) is 257 Å². The summed E-state index contributed by atoms with van der Waals surface area (Å²) in [5, 5.41) is 22.9. The Morgan fingerprint density at radius 3 is 1.10 bits per heavy atom. The van der Waals surface area contributed by atoms with Gasteiger partial charge in [-0.2, -0.15) is 0 Å². The van der Waals surface area contributed by atoms with E-state index in [1.807, 2.05) is 6.08 Å². The zero-order chi connectivity index (χ0) is 36.4. The zero-order valence-electron chi connectivity index (χ0n) is 33.9. The van der Waals surface area contributed by atoms with Gasteiger partial charge in [-0.25, -0.2) is 0 Å². The van der Waals surface area contributed by atoms with E-state index in [9.17, 15) is 15.0 Å². The van der Waals surface area contributed by atoms with E-state index in [1.165, 1.54) is 199 Å². The Balaban J connectivity index is 3.42. The van der Waals surface area contributed by atoms with Gasteiger partial charge < -0.3 is 15.5 Å². The molecule has 0 heterocycles. The second-order valence-corrected chi connectivity index (χ2v) is 15.5. The SMILES string of the molecule is CCCCCCCCC/C=C/C(O)C(CO)NC(=O)CCCCCCCCCCCCCCC/C=C\CCCCCCCCCCCCCC. The lowest BCUT2D eigenvalue weighted by molar-refractivity contribution is -0.123. The molecule has 0 aliphatic rings. The van der Waals surface area contributed by atoms with Crippen LogP contribution < -0.4 is 5.32 Å². The summed E-state index contributed by atoms with van der Waals surface area (Å²) in [6, 6.07) is -0.617. The molecule has 2 unspecified atom stereocenters. The van der Waals surface area contributed by atoms with Gasteiger partial charge in [-0.15, -0.1) is 0 Å². The van der Waals surface area contributed by atoms with Gasteiger partial charge >= 0.3 is 0 Å². The van der Waals surface area contributed by atoms with Crippen molar-refractivity contribution in [3.8, 4) is 0 Å². The number of nitrogens with one attached hydrogen (secondary N) is 1. The largest absolute Gasteiger partial charge is 0.394 e. The van der Waals surface area contributed by atoms with Crippen LogP contribution >= 0.6 is 0 Å². The second-order valence-electron chi connectivity index (χ2n) is 15.5. The molecule has 1 amide bonds. The smallest absolute Gasteiger partial charge is 0.220 e. The van der Waals surface area contributed by atoms with Crippen LogP contribution in [-0.2, 0) is 4.79 Å². The minimum absolute atomic E-state index is 0.0648. The van der Waals surface area contributed by atoms with Crippen LogP contribution in [0, 0.1) is 0 Å². The molecule has 3 N–H and O–H groups in total. The molecule has 0 fully saturated rings. The number of allylic oxidation sites excluding steroid dienone is 3. The number of rotatable bonds is 41. The Bertz CT molecular complexity index is 720. The maximum atomic E-state index is 12.3. The molecule has 0 rings (SSSR count). The average molecular weight is 704 g/mol. The summed E-state index contributed by atoms with van der Waals surface area (Å²) in [5.74, 6) is -0.0648. The van der Waals surface area contributed by atoms with Gasteiger partial charge in [0.1, 0.15) is 0 Å². The summed E-state index contributed by atoms with van der Waals surface area (Å²) in [7, 11) is 0. The number of carbonyl (C=O) groups excluding carboxylic acids is 1. The lowest BCUT2D eigenvalue weighted by atomic mass is 10.0. The Hall–Kier alpha value is -1.13. The quantitative estimate of drug-likeness (QED) is 0.0438. The van der Waals surface area contributed by atoms with E-state index in [0.717, 1.165) is 25.7 Å². The monoisotopic (exact) mass is 704 g/mol. The first-order valence-corrected chi connectivity index (χ1v) is 22.6. The number of hydrogen-bond acceptors (Lipinski definition) is 3. The molecule has 0 aliphatic heterocycles. The van der Waals surface area contributed by atoms with Gasteiger partial charge in [0.25, 0.3) is 0 Å². The van der Waals surface area contributed by atoms with Crippen molar-refractivity contribution in [1.82, 2.24) is 5.32 Å². The molecule has 4 nitrogen and oxygen atoms in total. The van der Waals surface area contributed by atoms with E-state index in [2.05, 4.69) is 31.3 Å². The molecule has 0 bridgehead atoms. The van der Waals surface area contributed by atoms with Crippen LogP contribution in [0.25, 0.3) is 0 Å². The zero-order valence-corrected chi connectivity index (χ0v) is 33.9. The Kier molecular flexibility index (Phi) is 41.3. The molecule has 0 saturated carbocycles. The summed E-state index contributed by atoms with van der Waals surface area (Å²) >= 11 is 0. The van der Waals surface area contributed by atoms with E-state index in [1.54, 1.807) is 6.08 Å². The lowest BCUT2D eigenvalue weighted by Gasteiger charge is -2.20. The number of aliphatic hydroxyl groups excluding tert-OH is 2. The van der Waals surface area contributed by atoms with Crippen LogP contribution in [0.1, 0.15) is 245 Å². The van der Waals surface area contributed by atoms with Crippen molar-refractivity contribution in [3.63, 3.8) is 0 Å². The van der Waals surface area contributed by atoms with Crippen molar-refractivity contribution >= 4 is 5.91 Å². The van der Waals surface area contributed by atoms with Crippen molar-refractivity contribution < 1.29 is 15.0 Å². The number of carbonyl (C=O) groups is 1. The predicted octanol–water partition coefficient (Wildman–Crippen LogP) is 14.0. The minimum Gasteiger partial charge on any atom is -0.394 e. The summed E-state index contributed by atoms with van der Waals surface area (Å²) in [4.78, 5) is 12.3. The fourth-order valence-corrected chi connectivity index (χ4v) is 6.94. The molecule has 0 spiro atoms. The van der Waals surface area contributed by atoms with Crippen LogP contribution in [0.2, 0.25) is 0 Å². The second kappa shape index (κ2) is 42.3. The highest BCUT2D eigenvalue weighted by molar-refractivity contribution is 5.76. The molecule has 0 aromatic rings. The highest BCUT2D eigenvalue weighted by atomic mass is 16.3. The Morgan fingerprint density at radius 2 is 0.760 bits per heavy atom. The Morgan fingerprint density at radius 1 is 0.460 bits per heavy atom. The van der Waals surface area contributed by atoms with Gasteiger partial charge in [0.2, 0.25) is 5.91 Å². The summed E-state index contributed by atoms with van der Waals surface area (Å²) < 4.78 is 0. The fourth-order valence-electron chi connectivity index (χ4n) is 6.94. The first-order chi connectivity index (χ1) is 24.7. The number of amides is 1. The van der Waals surface area contributed by atoms with Gasteiger partial charge in [-0.05, 0) is 44.9 Å². The molecule has 0 aliphatic carbocycles. The molecule has 0 aromatic carbocycles. The molecule has 50 heavy (non-hydrogen) atoms. The van der Waals surface area contributed by atoms with Gasteiger partial charge in [-0.3, -0.25) is 4.79 Å². The molecule has 4 heteroatoms. The molecular weight excluding hydrogens is 615 g/mol. The standard InChI is InChI=1S/C46H89NO3/c1-3-5-7-9-11-13-14-15-16-17-18-19-20-21-22-23-24-25-26-27-28-29-30-31-32-34-36-38-40-42-46(50)47-44(43-48)45(49)41-39-37-35-33-12-10-8-6-4-2/h21-22,39,41,44-45,48-49H,3-20,23-38,40,42-43H2,1-2H3,(H,47,50)/b22-21-,41-39+.